The van der Waals surface area contributed by atoms with Crippen LogP contribution in [0, 0.1) is 10.1 Å². The van der Waals surface area contributed by atoms with Crippen molar-refractivity contribution in [2.24, 2.45) is 0 Å². The molecule has 0 amide bonds. The topological polar surface area (TPSA) is 89.3 Å². The summed E-state index contributed by atoms with van der Waals surface area (Å²) < 4.78 is 23.5. The lowest BCUT2D eigenvalue weighted by Crippen LogP contribution is -2.28. The third kappa shape index (κ3) is 3.92. The van der Waals surface area contributed by atoms with Gasteiger partial charge in [-0.25, -0.2) is 8.42 Å². The maximum atomic E-state index is 11.8. The first-order chi connectivity index (χ1) is 10.3. The molecule has 0 aromatic heterocycles. The molecule has 2 rings (SSSR count). The van der Waals surface area contributed by atoms with Crippen LogP contribution in [0.1, 0.15) is 25.7 Å². The van der Waals surface area contributed by atoms with Gasteiger partial charge in [-0.2, -0.15) is 11.8 Å². The van der Waals surface area contributed by atoms with Gasteiger partial charge in [-0.05, 0) is 37.7 Å². The van der Waals surface area contributed by atoms with Gasteiger partial charge in [0.2, 0.25) is 0 Å². The molecule has 1 N–H and O–H groups in total. The number of nitro groups is 1. The van der Waals surface area contributed by atoms with Crippen molar-refractivity contribution in [3.63, 3.8) is 0 Å². The van der Waals surface area contributed by atoms with Gasteiger partial charge in [-0.1, -0.05) is 12.5 Å². The normalized spacial score (nSPS) is 22.3. The molecular formula is C14H20N2O4S2. The third-order valence-electron chi connectivity index (χ3n) is 3.90. The van der Waals surface area contributed by atoms with Crippen LogP contribution in [0.3, 0.4) is 0 Å². The molecule has 1 aromatic rings. The van der Waals surface area contributed by atoms with Crippen molar-refractivity contribution in [3.8, 4) is 0 Å². The number of rotatable bonds is 5. The smallest absolute Gasteiger partial charge is 0.310 e. The van der Waals surface area contributed by atoms with E-state index in [0.29, 0.717) is 10.9 Å². The Morgan fingerprint density at radius 2 is 2.09 bits per heavy atom. The molecule has 22 heavy (non-hydrogen) atoms. The van der Waals surface area contributed by atoms with Crippen LogP contribution < -0.4 is 5.32 Å². The van der Waals surface area contributed by atoms with Crippen LogP contribution in [0.15, 0.2) is 23.1 Å². The molecule has 8 heteroatoms. The summed E-state index contributed by atoms with van der Waals surface area (Å²) in [6, 6.07) is 4.54. The van der Waals surface area contributed by atoms with Gasteiger partial charge in [0.05, 0.1) is 4.92 Å². The second-order valence-electron chi connectivity index (χ2n) is 5.55. The molecule has 0 heterocycles. The maximum Gasteiger partial charge on any atom is 0.310 e. The van der Waals surface area contributed by atoms with Gasteiger partial charge in [0.1, 0.15) is 10.6 Å². The summed E-state index contributed by atoms with van der Waals surface area (Å²) >= 11 is 1.81. The fourth-order valence-electron chi connectivity index (χ4n) is 2.84. The number of nitrogens with one attached hydrogen (secondary N) is 1. The Hall–Kier alpha value is -1.28. The summed E-state index contributed by atoms with van der Waals surface area (Å²) in [6.45, 7) is 0. The molecule has 0 bridgehead atoms. The number of benzene rings is 1. The van der Waals surface area contributed by atoms with Crippen LogP contribution in [0.5, 0.6) is 0 Å². The largest absolute Gasteiger partial charge is 0.377 e. The Balaban J connectivity index is 2.33. The molecule has 1 aromatic carbocycles. The van der Waals surface area contributed by atoms with E-state index < -0.39 is 14.8 Å². The van der Waals surface area contributed by atoms with E-state index in [1.165, 1.54) is 6.07 Å². The van der Waals surface area contributed by atoms with E-state index in [0.717, 1.165) is 31.9 Å². The van der Waals surface area contributed by atoms with E-state index in [4.69, 9.17) is 0 Å². The molecule has 6 nitrogen and oxygen atoms in total. The van der Waals surface area contributed by atoms with Gasteiger partial charge >= 0.3 is 5.69 Å². The second kappa shape index (κ2) is 6.87. The predicted molar refractivity (Wildman–Crippen MR) is 89.4 cm³/mol. The SMILES string of the molecule is CSC1CCCC(Nc2cccc(S(C)(=O)=O)c2[N+](=O)[O-])C1. The number of hydrogen-bond acceptors (Lipinski definition) is 6. The molecule has 0 radical (unpaired) electrons. The number of hydrogen-bond donors (Lipinski definition) is 1. The average Bonchev–Trinajstić information content (AvgIpc) is 2.46. The molecule has 0 spiro atoms. The lowest BCUT2D eigenvalue weighted by Gasteiger charge is -2.29. The molecule has 1 aliphatic carbocycles. The van der Waals surface area contributed by atoms with E-state index in [9.17, 15) is 18.5 Å². The average molecular weight is 344 g/mol. The molecule has 122 valence electrons. The summed E-state index contributed by atoms with van der Waals surface area (Å²) in [7, 11) is -3.64. The first kappa shape index (κ1) is 17.1. The van der Waals surface area contributed by atoms with Gasteiger partial charge in [-0.15, -0.1) is 0 Å². The summed E-state index contributed by atoms with van der Waals surface area (Å²) in [5, 5.41) is 15.1. The summed E-state index contributed by atoms with van der Waals surface area (Å²) in [5.74, 6) is 0. The number of thioether (sulfide) groups is 1. The van der Waals surface area contributed by atoms with E-state index in [-0.39, 0.29) is 16.6 Å². The highest BCUT2D eigenvalue weighted by molar-refractivity contribution is 7.99. The zero-order chi connectivity index (χ0) is 16.3. The molecule has 1 fully saturated rings. The molecule has 0 saturated heterocycles. The molecule has 2 unspecified atom stereocenters. The highest BCUT2D eigenvalue weighted by Gasteiger charge is 2.28. The van der Waals surface area contributed by atoms with Crippen LogP contribution in [-0.4, -0.2) is 37.1 Å². The fraction of sp³-hybridized carbons (Fsp3) is 0.571. The Bertz CT molecular complexity index is 661. The standard InChI is InChI=1S/C14H20N2O4S2/c1-21-11-6-3-5-10(9-11)15-12-7-4-8-13(22(2,19)20)14(12)16(17)18/h4,7-8,10-11,15H,3,5-6,9H2,1-2H3. The molecule has 2 atom stereocenters. The van der Waals surface area contributed by atoms with E-state index in [1.807, 2.05) is 11.8 Å². The number of anilines is 1. The highest BCUT2D eigenvalue weighted by Crippen LogP contribution is 2.35. The number of nitro benzene ring substituents is 1. The summed E-state index contributed by atoms with van der Waals surface area (Å²) in [5.41, 5.74) is -0.0593. The monoisotopic (exact) mass is 344 g/mol. The molecular weight excluding hydrogens is 324 g/mol. The lowest BCUT2D eigenvalue weighted by molar-refractivity contribution is -0.386. The fourth-order valence-corrected chi connectivity index (χ4v) is 4.52. The minimum absolute atomic E-state index is 0.139. The van der Waals surface area contributed by atoms with Crippen LogP contribution in [0.25, 0.3) is 0 Å². The van der Waals surface area contributed by atoms with Crippen LogP contribution in [0.2, 0.25) is 0 Å². The second-order valence-corrected chi connectivity index (χ2v) is 8.67. The van der Waals surface area contributed by atoms with Crippen molar-refractivity contribution in [1.29, 1.82) is 0 Å². The van der Waals surface area contributed by atoms with Crippen LogP contribution in [-0.2, 0) is 9.84 Å². The summed E-state index contributed by atoms with van der Waals surface area (Å²) in [4.78, 5) is 10.5. The molecule has 1 saturated carbocycles. The van der Waals surface area contributed by atoms with E-state index >= 15 is 0 Å². The van der Waals surface area contributed by atoms with Crippen molar-refractivity contribution in [2.75, 3.05) is 17.8 Å². The minimum Gasteiger partial charge on any atom is -0.377 e. The van der Waals surface area contributed by atoms with Gasteiger partial charge in [0, 0.05) is 17.5 Å². The quantitative estimate of drug-likeness (QED) is 0.652. The Morgan fingerprint density at radius 3 is 2.68 bits per heavy atom. The molecule has 1 aliphatic rings. The van der Waals surface area contributed by atoms with Gasteiger partial charge in [-0.3, -0.25) is 10.1 Å². The predicted octanol–water partition coefficient (Wildman–Crippen LogP) is 3.08. The first-order valence-electron chi connectivity index (χ1n) is 7.09. The van der Waals surface area contributed by atoms with Crippen molar-refractivity contribution in [3.05, 3.63) is 28.3 Å². The van der Waals surface area contributed by atoms with Crippen LogP contribution in [0.4, 0.5) is 11.4 Å². The van der Waals surface area contributed by atoms with Gasteiger partial charge < -0.3 is 5.32 Å². The molecule has 0 aliphatic heterocycles. The number of para-hydroxylation sites is 1. The van der Waals surface area contributed by atoms with Crippen molar-refractivity contribution in [1.82, 2.24) is 0 Å². The first-order valence-corrected chi connectivity index (χ1v) is 10.3. The van der Waals surface area contributed by atoms with Crippen LogP contribution >= 0.6 is 11.8 Å². The number of nitrogens with zero attached hydrogens (tertiary/aromatic N) is 1. The summed E-state index contributed by atoms with van der Waals surface area (Å²) in [6.07, 6.45) is 7.16. The maximum absolute atomic E-state index is 11.8. The Morgan fingerprint density at radius 1 is 1.36 bits per heavy atom. The van der Waals surface area contributed by atoms with Crippen molar-refractivity contribution >= 4 is 33.0 Å². The van der Waals surface area contributed by atoms with E-state index in [1.54, 1.807) is 12.1 Å². The minimum atomic E-state index is -3.64. The Labute approximate surface area is 134 Å². The number of sulfone groups is 1. The highest BCUT2D eigenvalue weighted by atomic mass is 32.2. The zero-order valence-electron chi connectivity index (χ0n) is 12.6. The zero-order valence-corrected chi connectivity index (χ0v) is 14.2. The van der Waals surface area contributed by atoms with Crippen molar-refractivity contribution < 1.29 is 13.3 Å². The van der Waals surface area contributed by atoms with Crippen molar-refractivity contribution in [2.45, 2.75) is 41.9 Å². The lowest BCUT2D eigenvalue weighted by atomic mass is 9.94. The third-order valence-corrected chi connectivity index (χ3v) is 6.12. The van der Waals surface area contributed by atoms with Gasteiger partial charge in [0.15, 0.2) is 9.84 Å². The van der Waals surface area contributed by atoms with E-state index in [2.05, 4.69) is 11.6 Å². The van der Waals surface area contributed by atoms with Gasteiger partial charge in [0.25, 0.3) is 0 Å². The Kier molecular flexibility index (Phi) is 5.33.